The predicted molar refractivity (Wildman–Crippen MR) is 142 cm³/mol. The monoisotopic (exact) mass is 584 g/mol. The third kappa shape index (κ3) is 6.05. The smallest absolute Gasteiger partial charge is 0.368 e. The van der Waals surface area contributed by atoms with Crippen molar-refractivity contribution in [2.24, 2.45) is 11.8 Å². The van der Waals surface area contributed by atoms with E-state index in [9.17, 15) is 32.3 Å². The Hall–Kier alpha value is -2.92. The van der Waals surface area contributed by atoms with Crippen LogP contribution in [0.3, 0.4) is 0 Å². The molecule has 2 amide bonds. The summed E-state index contributed by atoms with van der Waals surface area (Å²) in [4.78, 5) is 34.1. The first-order valence-corrected chi connectivity index (χ1v) is 13.7. The Morgan fingerprint density at radius 2 is 1.57 bits per heavy atom. The second kappa shape index (κ2) is 11.9. The summed E-state index contributed by atoms with van der Waals surface area (Å²) in [6.45, 7) is 1.65. The Balaban J connectivity index is 1.31. The zero-order valence-electron chi connectivity index (χ0n) is 22.4. The molecular formula is C28H33ClF4N4O3. The number of piperidine rings is 2. The zero-order chi connectivity index (χ0) is 29.2. The zero-order valence-corrected chi connectivity index (χ0v) is 23.2. The van der Waals surface area contributed by atoms with Crippen molar-refractivity contribution in [1.82, 2.24) is 14.8 Å². The molecule has 0 aliphatic carbocycles. The van der Waals surface area contributed by atoms with E-state index in [1.165, 1.54) is 11.0 Å². The van der Waals surface area contributed by atoms with E-state index < -0.39 is 29.1 Å². The van der Waals surface area contributed by atoms with Gasteiger partial charge in [0.25, 0.3) is 17.4 Å². The van der Waals surface area contributed by atoms with Crippen LogP contribution in [0.25, 0.3) is 0 Å². The highest BCUT2D eigenvalue weighted by Gasteiger charge is 2.63. The molecule has 0 spiro atoms. The van der Waals surface area contributed by atoms with Crippen LogP contribution in [0, 0.1) is 17.7 Å². The molecule has 4 rings (SSSR count). The Kier molecular flexibility index (Phi) is 8.94. The fourth-order valence-corrected chi connectivity index (χ4v) is 5.85. The van der Waals surface area contributed by atoms with Gasteiger partial charge in [-0.2, -0.15) is 13.2 Å². The number of pyridine rings is 1. The number of alkyl halides is 3. The quantitative estimate of drug-likeness (QED) is 0.387. The number of rotatable bonds is 6. The van der Waals surface area contributed by atoms with Gasteiger partial charge in [-0.25, -0.2) is 9.37 Å². The van der Waals surface area contributed by atoms with Gasteiger partial charge in [-0.15, -0.1) is 0 Å². The summed E-state index contributed by atoms with van der Waals surface area (Å²) in [6.07, 6.45) is -1.67. The third-order valence-corrected chi connectivity index (χ3v) is 8.25. The lowest BCUT2D eigenvalue weighted by Crippen LogP contribution is -2.57. The average Bonchev–Trinajstić information content (AvgIpc) is 2.92. The lowest BCUT2D eigenvalue weighted by molar-refractivity contribution is -0.263. The van der Waals surface area contributed by atoms with Crippen LogP contribution in [0.5, 0.6) is 0 Å². The molecule has 218 valence electrons. The first-order valence-electron chi connectivity index (χ1n) is 13.3. The van der Waals surface area contributed by atoms with Crippen molar-refractivity contribution in [2.45, 2.75) is 43.9 Å². The van der Waals surface area contributed by atoms with Crippen LogP contribution < -0.4 is 4.90 Å². The van der Waals surface area contributed by atoms with Gasteiger partial charge in [0.1, 0.15) is 16.8 Å². The maximum Gasteiger partial charge on any atom is 0.430 e. The molecule has 7 nitrogen and oxygen atoms in total. The van der Waals surface area contributed by atoms with Crippen molar-refractivity contribution >= 4 is 29.2 Å². The van der Waals surface area contributed by atoms with Crippen molar-refractivity contribution in [3.63, 3.8) is 0 Å². The predicted octanol–water partition coefficient (Wildman–Crippen LogP) is 4.87. The lowest BCUT2D eigenvalue weighted by atomic mass is 9.82. The largest absolute Gasteiger partial charge is 0.430 e. The van der Waals surface area contributed by atoms with Crippen LogP contribution in [0.15, 0.2) is 36.4 Å². The van der Waals surface area contributed by atoms with Crippen LogP contribution in [-0.2, 0) is 10.4 Å². The number of aromatic nitrogens is 1. The van der Waals surface area contributed by atoms with E-state index in [4.69, 9.17) is 11.6 Å². The topological polar surface area (TPSA) is 77.0 Å². The van der Waals surface area contributed by atoms with Gasteiger partial charge in [-0.1, -0.05) is 29.8 Å². The molecule has 1 aromatic heterocycles. The number of amides is 2. The highest BCUT2D eigenvalue weighted by Crippen LogP contribution is 2.42. The van der Waals surface area contributed by atoms with Gasteiger partial charge in [-0.3, -0.25) is 9.59 Å². The van der Waals surface area contributed by atoms with Gasteiger partial charge in [0.2, 0.25) is 0 Å². The molecule has 40 heavy (non-hydrogen) atoms. The van der Waals surface area contributed by atoms with Gasteiger partial charge in [0.15, 0.2) is 0 Å². The summed E-state index contributed by atoms with van der Waals surface area (Å²) in [6, 6.07) is 7.42. The maximum atomic E-state index is 14.2. The molecule has 2 aliphatic heterocycles. The van der Waals surface area contributed by atoms with Crippen LogP contribution >= 0.6 is 11.6 Å². The van der Waals surface area contributed by atoms with Crippen molar-refractivity contribution in [2.75, 3.05) is 45.2 Å². The highest BCUT2D eigenvalue weighted by molar-refractivity contribution is 6.32. The summed E-state index contributed by atoms with van der Waals surface area (Å²) < 4.78 is 56.0. The SMILES string of the molecule is CN(C)C(=O)c1ccc(N2CCC(CC3CCN(C(=O)C(O)(c4ccccc4F)C(F)(F)F)CC3)CC2)nc1Cl. The Labute approximate surface area is 235 Å². The summed E-state index contributed by atoms with van der Waals surface area (Å²) >= 11 is 6.26. The number of anilines is 1. The number of carbonyl (C=O) groups excluding carboxylic acids is 2. The van der Waals surface area contributed by atoms with Crippen molar-refractivity contribution in [1.29, 1.82) is 0 Å². The fourth-order valence-electron chi connectivity index (χ4n) is 5.61. The van der Waals surface area contributed by atoms with Gasteiger partial charge in [-0.05, 0) is 62.1 Å². The van der Waals surface area contributed by atoms with Gasteiger partial charge in [0, 0.05) is 45.8 Å². The first kappa shape index (κ1) is 30.0. The molecule has 1 unspecified atom stereocenters. The Bertz CT molecular complexity index is 1230. The Morgan fingerprint density at radius 1 is 1.00 bits per heavy atom. The minimum atomic E-state index is -5.38. The number of halogens is 5. The molecule has 2 aliphatic rings. The van der Waals surface area contributed by atoms with E-state index in [1.54, 1.807) is 26.2 Å². The maximum absolute atomic E-state index is 14.2. The molecule has 1 N–H and O–H groups in total. The highest BCUT2D eigenvalue weighted by atomic mass is 35.5. The molecular weight excluding hydrogens is 552 g/mol. The molecule has 3 heterocycles. The van der Waals surface area contributed by atoms with Crippen LogP contribution in [0.1, 0.15) is 48.0 Å². The number of hydrogen-bond donors (Lipinski definition) is 1. The fraction of sp³-hybridized carbons (Fsp3) is 0.536. The molecule has 2 saturated heterocycles. The van der Waals surface area contributed by atoms with Crippen LogP contribution in [0.2, 0.25) is 5.15 Å². The average molecular weight is 585 g/mol. The normalized spacial score (nSPS) is 18.9. The number of nitrogens with zero attached hydrogens (tertiary/aromatic N) is 4. The van der Waals surface area contributed by atoms with Crippen molar-refractivity contribution < 1.29 is 32.3 Å². The van der Waals surface area contributed by atoms with Crippen molar-refractivity contribution in [3.05, 3.63) is 58.5 Å². The molecule has 1 atom stereocenters. The van der Waals surface area contributed by atoms with Gasteiger partial charge < -0.3 is 19.8 Å². The molecule has 2 aromatic rings. The molecule has 1 aromatic carbocycles. The lowest BCUT2D eigenvalue weighted by Gasteiger charge is -2.40. The second-order valence-electron chi connectivity index (χ2n) is 10.8. The Morgan fingerprint density at radius 3 is 2.10 bits per heavy atom. The summed E-state index contributed by atoms with van der Waals surface area (Å²) in [7, 11) is 3.29. The van der Waals surface area contributed by atoms with E-state index in [0.717, 1.165) is 55.5 Å². The number of benzene rings is 1. The van der Waals surface area contributed by atoms with E-state index >= 15 is 0 Å². The van der Waals surface area contributed by atoms with E-state index in [1.807, 2.05) is 0 Å². The molecule has 2 fully saturated rings. The molecule has 0 bridgehead atoms. The number of likely N-dealkylation sites (tertiary alicyclic amines) is 1. The third-order valence-electron chi connectivity index (χ3n) is 7.96. The minimum Gasteiger partial charge on any atom is -0.368 e. The molecule has 0 radical (unpaired) electrons. The summed E-state index contributed by atoms with van der Waals surface area (Å²) in [5.41, 5.74) is -4.68. The van der Waals surface area contributed by atoms with Gasteiger partial charge >= 0.3 is 6.18 Å². The van der Waals surface area contributed by atoms with Gasteiger partial charge in [0.05, 0.1) is 5.56 Å². The van der Waals surface area contributed by atoms with E-state index in [0.29, 0.717) is 30.1 Å². The van der Waals surface area contributed by atoms with E-state index in [-0.39, 0.29) is 30.1 Å². The number of carbonyl (C=O) groups is 2. The van der Waals surface area contributed by atoms with E-state index in [2.05, 4.69) is 9.88 Å². The molecule has 12 heteroatoms. The number of aliphatic hydroxyl groups is 1. The summed E-state index contributed by atoms with van der Waals surface area (Å²) in [5, 5.41) is 10.7. The second-order valence-corrected chi connectivity index (χ2v) is 11.2. The van der Waals surface area contributed by atoms with Crippen LogP contribution in [-0.4, -0.2) is 78.2 Å². The molecule has 0 saturated carbocycles. The summed E-state index contributed by atoms with van der Waals surface area (Å²) in [5.74, 6) is -1.69. The van der Waals surface area contributed by atoms with Crippen LogP contribution in [0.4, 0.5) is 23.4 Å². The van der Waals surface area contributed by atoms with Crippen molar-refractivity contribution in [3.8, 4) is 0 Å². The standard InChI is InChI=1S/C28H33ClF4N4O3/c1-35(2)25(38)20-7-8-23(34-24(20)29)36-13-9-18(10-14-36)17-19-11-15-37(16-12-19)26(39)27(40,28(31,32)33)21-5-3-4-6-22(21)30/h3-8,18-19,40H,9-17H2,1-2H3. The first-order chi connectivity index (χ1) is 18.8. The number of hydrogen-bond acceptors (Lipinski definition) is 5. The minimum absolute atomic E-state index is 0.0651.